The highest BCUT2D eigenvalue weighted by Crippen LogP contribution is 2.39. The predicted octanol–water partition coefficient (Wildman–Crippen LogP) is 3.50. The number of pyridine rings is 1. The maximum Gasteiger partial charge on any atom is 0.170 e. The van der Waals surface area contributed by atoms with E-state index >= 15 is 0 Å². The second-order valence-electron chi connectivity index (χ2n) is 7.80. The van der Waals surface area contributed by atoms with Crippen molar-refractivity contribution in [3.8, 4) is 11.4 Å². The molecule has 0 bridgehead atoms. The summed E-state index contributed by atoms with van der Waals surface area (Å²) >= 11 is 5.76. The molecule has 3 aromatic rings. The van der Waals surface area contributed by atoms with Gasteiger partial charge in [-0.3, -0.25) is 4.98 Å². The van der Waals surface area contributed by atoms with E-state index in [1.807, 2.05) is 36.5 Å². The molecule has 0 aliphatic carbocycles. The minimum absolute atomic E-state index is 0.0124. The van der Waals surface area contributed by atoms with E-state index in [2.05, 4.69) is 57.1 Å². The van der Waals surface area contributed by atoms with Crippen LogP contribution < -0.4 is 5.32 Å². The largest absolute Gasteiger partial charge is 0.508 e. The third-order valence-corrected chi connectivity index (χ3v) is 5.77. The number of nitrogens with one attached hydrogen (secondary N) is 1. The molecule has 156 valence electrons. The molecule has 2 N–H and O–H groups in total. The molecule has 3 heterocycles. The first-order chi connectivity index (χ1) is 14.5. The van der Waals surface area contributed by atoms with Gasteiger partial charge in [-0.15, -0.1) is 0 Å². The lowest BCUT2D eigenvalue weighted by molar-refractivity contribution is 0.286. The van der Waals surface area contributed by atoms with Crippen LogP contribution in [0.15, 0.2) is 67.0 Å². The molecule has 1 aliphatic rings. The molecule has 0 spiro atoms. The molecule has 0 unspecified atom stereocenters. The molecule has 1 fully saturated rings. The standard InChI is InChI=1S/C23H27N5OS/c1-26(2)14-6-16-28-22(21(25-23(28)30)19-7-3-4-13-24-19)20-8-5-15-27(20)17-9-11-18(29)12-10-17/h3-5,7-13,15,21-22,29H,6,14,16H2,1-2H3,(H,25,30)/t21-,22-/m0/s1. The Morgan fingerprint density at radius 1 is 1.10 bits per heavy atom. The van der Waals surface area contributed by atoms with E-state index in [1.165, 1.54) is 0 Å². The van der Waals surface area contributed by atoms with Gasteiger partial charge in [-0.05, 0) is 87.8 Å². The normalized spacial score (nSPS) is 18.8. The van der Waals surface area contributed by atoms with Gasteiger partial charge in [0.2, 0.25) is 0 Å². The number of hydrogen-bond donors (Lipinski definition) is 2. The minimum atomic E-state index is -0.0381. The fourth-order valence-corrected chi connectivity index (χ4v) is 4.34. The molecule has 6 nitrogen and oxygen atoms in total. The number of phenols is 1. The summed E-state index contributed by atoms with van der Waals surface area (Å²) in [5.41, 5.74) is 3.10. The van der Waals surface area contributed by atoms with Crippen LogP contribution in [-0.2, 0) is 0 Å². The van der Waals surface area contributed by atoms with Gasteiger partial charge < -0.3 is 24.8 Å². The van der Waals surface area contributed by atoms with Gasteiger partial charge in [0.05, 0.1) is 17.8 Å². The predicted molar refractivity (Wildman–Crippen MR) is 123 cm³/mol. The molecule has 1 saturated heterocycles. The second kappa shape index (κ2) is 8.85. The summed E-state index contributed by atoms with van der Waals surface area (Å²) in [7, 11) is 4.18. The van der Waals surface area contributed by atoms with E-state index in [-0.39, 0.29) is 17.8 Å². The summed E-state index contributed by atoms with van der Waals surface area (Å²) < 4.78 is 2.16. The van der Waals surface area contributed by atoms with Crippen LogP contribution in [0.2, 0.25) is 0 Å². The van der Waals surface area contributed by atoms with Crippen molar-refractivity contribution in [2.75, 3.05) is 27.2 Å². The van der Waals surface area contributed by atoms with E-state index in [1.54, 1.807) is 12.1 Å². The minimum Gasteiger partial charge on any atom is -0.508 e. The van der Waals surface area contributed by atoms with E-state index in [9.17, 15) is 5.11 Å². The summed E-state index contributed by atoms with van der Waals surface area (Å²) in [6, 6.07) is 17.4. The fraction of sp³-hybridized carbons (Fsp3) is 0.304. The SMILES string of the molecule is CN(C)CCCN1C(=S)N[C@@H](c2ccccn2)[C@@H]1c1cccn1-c1ccc(O)cc1. The van der Waals surface area contributed by atoms with Gasteiger partial charge in [-0.25, -0.2) is 0 Å². The molecule has 2 aromatic heterocycles. The van der Waals surface area contributed by atoms with Crippen LogP contribution >= 0.6 is 12.2 Å². The van der Waals surface area contributed by atoms with Crippen LogP contribution in [0.5, 0.6) is 5.75 Å². The second-order valence-corrected chi connectivity index (χ2v) is 8.18. The molecule has 0 radical (unpaired) electrons. The van der Waals surface area contributed by atoms with Crippen LogP contribution in [0.3, 0.4) is 0 Å². The fourth-order valence-electron chi connectivity index (χ4n) is 4.01. The molecular formula is C23H27N5OS. The van der Waals surface area contributed by atoms with Gasteiger partial charge in [0.15, 0.2) is 5.11 Å². The Labute approximate surface area is 182 Å². The van der Waals surface area contributed by atoms with E-state index in [0.717, 1.165) is 41.7 Å². The van der Waals surface area contributed by atoms with Crippen molar-refractivity contribution in [3.63, 3.8) is 0 Å². The number of hydrogen-bond acceptors (Lipinski definition) is 4. The summed E-state index contributed by atoms with van der Waals surface area (Å²) in [6.07, 6.45) is 4.89. The Kier molecular flexibility index (Phi) is 6.01. The van der Waals surface area contributed by atoms with Gasteiger partial charge in [0.25, 0.3) is 0 Å². The maximum absolute atomic E-state index is 9.69. The van der Waals surface area contributed by atoms with Crippen molar-refractivity contribution < 1.29 is 5.11 Å². The van der Waals surface area contributed by atoms with Gasteiger partial charge in [-0.1, -0.05) is 6.07 Å². The summed E-state index contributed by atoms with van der Waals surface area (Å²) in [6.45, 7) is 1.86. The third-order valence-electron chi connectivity index (χ3n) is 5.41. The highest BCUT2D eigenvalue weighted by molar-refractivity contribution is 7.80. The van der Waals surface area contributed by atoms with Crippen LogP contribution in [0.4, 0.5) is 0 Å². The van der Waals surface area contributed by atoms with Crippen molar-refractivity contribution in [2.24, 2.45) is 0 Å². The lowest BCUT2D eigenvalue weighted by Gasteiger charge is -2.29. The molecule has 30 heavy (non-hydrogen) atoms. The molecule has 2 atom stereocenters. The van der Waals surface area contributed by atoms with E-state index in [0.29, 0.717) is 0 Å². The first kappa shape index (κ1) is 20.4. The molecule has 0 amide bonds. The van der Waals surface area contributed by atoms with E-state index in [4.69, 9.17) is 12.2 Å². The Bertz CT molecular complexity index is 986. The number of benzene rings is 1. The number of thiocarbonyl (C=S) groups is 1. The number of phenolic OH excluding ortho intramolecular Hbond substituents is 1. The monoisotopic (exact) mass is 421 g/mol. The third kappa shape index (κ3) is 4.17. The molecule has 0 saturated carbocycles. The zero-order chi connectivity index (χ0) is 21.1. The highest BCUT2D eigenvalue weighted by Gasteiger charge is 2.40. The Morgan fingerprint density at radius 3 is 2.60 bits per heavy atom. The van der Waals surface area contributed by atoms with E-state index < -0.39 is 0 Å². The van der Waals surface area contributed by atoms with Crippen LogP contribution in [0.25, 0.3) is 5.69 Å². The van der Waals surface area contributed by atoms with Crippen molar-refractivity contribution >= 4 is 17.3 Å². The van der Waals surface area contributed by atoms with Crippen molar-refractivity contribution in [3.05, 3.63) is 78.4 Å². The van der Waals surface area contributed by atoms with Crippen molar-refractivity contribution in [2.45, 2.75) is 18.5 Å². The Morgan fingerprint density at radius 2 is 1.90 bits per heavy atom. The lowest BCUT2D eigenvalue weighted by Crippen LogP contribution is -2.32. The lowest BCUT2D eigenvalue weighted by atomic mass is 10.0. The molecule has 1 aromatic carbocycles. The Hall–Kier alpha value is -2.90. The summed E-state index contributed by atoms with van der Waals surface area (Å²) in [5.74, 6) is 0.257. The molecule has 1 aliphatic heterocycles. The summed E-state index contributed by atoms with van der Waals surface area (Å²) in [5, 5.41) is 14.0. The number of aromatic nitrogens is 2. The zero-order valence-electron chi connectivity index (χ0n) is 17.3. The quantitative estimate of drug-likeness (QED) is 0.570. The van der Waals surface area contributed by atoms with Crippen LogP contribution in [0.1, 0.15) is 29.9 Å². The van der Waals surface area contributed by atoms with Gasteiger partial charge >= 0.3 is 0 Å². The van der Waals surface area contributed by atoms with Crippen molar-refractivity contribution in [1.29, 1.82) is 0 Å². The van der Waals surface area contributed by atoms with Gasteiger partial charge in [0.1, 0.15) is 5.75 Å². The number of rotatable bonds is 7. The highest BCUT2D eigenvalue weighted by atomic mass is 32.1. The number of nitrogens with zero attached hydrogens (tertiary/aromatic N) is 4. The van der Waals surface area contributed by atoms with Crippen LogP contribution in [0, 0.1) is 0 Å². The first-order valence-corrected chi connectivity index (χ1v) is 10.5. The smallest absolute Gasteiger partial charge is 0.170 e. The van der Waals surface area contributed by atoms with Gasteiger partial charge in [-0.2, -0.15) is 0 Å². The summed E-state index contributed by atoms with van der Waals surface area (Å²) in [4.78, 5) is 9.09. The van der Waals surface area contributed by atoms with Crippen molar-refractivity contribution in [1.82, 2.24) is 24.7 Å². The topological polar surface area (TPSA) is 56.6 Å². The maximum atomic E-state index is 9.69. The number of aromatic hydroxyl groups is 1. The van der Waals surface area contributed by atoms with Crippen LogP contribution in [-0.4, -0.2) is 56.8 Å². The molecule has 4 rings (SSSR count). The zero-order valence-corrected chi connectivity index (χ0v) is 18.1. The average Bonchev–Trinajstić information content (AvgIpc) is 3.34. The molecular weight excluding hydrogens is 394 g/mol. The van der Waals surface area contributed by atoms with Gasteiger partial charge in [0, 0.05) is 30.3 Å². The Balaban J connectivity index is 1.73. The average molecular weight is 422 g/mol. The first-order valence-electron chi connectivity index (χ1n) is 10.1. The molecule has 7 heteroatoms.